The van der Waals surface area contributed by atoms with E-state index in [1.165, 1.54) is 0 Å². The van der Waals surface area contributed by atoms with Crippen LogP contribution in [0.25, 0.3) is 0 Å². The van der Waals surface area contributed by atoms with E-state index >= 15 is 0 Å². The second kappa shape index (κ2) is 7.72. The van der Waals surface area contributed by atoms with Crippen LogP contribution in [0.3, 0.4) is 0 Å². The minimum absolute atomic E-state index is 0.0154. The zero-order chi connectivity index (χ0) is 17.9. The zero-order valence-electron chi connectivity index (χ0n) is 14.6. The van der Waals surface area contributed by atoms with Crippen molar-refractivity contribution < 1.29 is 18.3 Å². The predicted octanol–water partition coefficient (Wildman–Crippen LogP) is 2.77. The Balaban J connectivity index is 1.50. The van der Waals surface area contributed by atoms with Crippen LogP contribution in [0.15, 0.2) is 12.4 Å². The van der Waals surface area contributed by atoms with Gasteiger partial charge in [0.2, 0.25) is 11.8 Å². The molecule has 1 aliphatic carbocycles. The molecule has 0 aromatic carbocycles. The molecular weight excluding hydrogens is 328 g/mol. The lowest BCUT2D eigenvalue weighted by Crippen LogP contribution is -2.48. The van der Waals surface area contributed by atoms with Crippen molar-refractivity contribution in [2.24, 2.45) is 5.92 Å². The fourth-order valence-corrected chi connectivity index (χ4v) is 3.59. The van der Waals surface area contributed by atoms with E-state index in [4.69, 9.17) is 4.74 Å². The highest BCUT2D eigenvalue weighted by molar-refractivity contribution is 5.79. The Hall–Kier alpha value is -1.63. The number of aromatic nitrogens is 2. The number of nitrogens with zero attached hydrogens (tertiary/aromatic N) is 3. The highest BCUT2D eigenvalue weighted by Gasteiger charge is 2.39. The third-order valence-corrected chi connectivity index (χ3v) is 5.10. The minimum atomic E-state index is -2.60. The average molecular weight is 353 g/mol. The van der Waals surface area contributed by atoms with Gasteiger partial charge in [-0.25, -0.2) is 18.7 Å². The molecule has 1 saturated heterocycles. The normalized spacial score (nSPS) is 24.3. The van der Waals surface area contributed by atoms with E-state index in [1.54, 1.807) is 11.2 Å². The topological polar surface area (TPSA) is 55.3 Å². The molecule has 5 nitrogen and oxygen atoms in total. The van der Waals surface area contributed by atoms with Crippen LogP contribution in [-0.2, 0) is 16.0 Å². The first-order valence-corrected chi connectivity index (χ1v) is 8.99. The van der Waals surface area contributed by atoms with Crippen molar-refractivity contribution in [1.82, 2.24) is 14.9 Å². The summed E-state index contributed by atoms with van der Waals surface area (Å²) >= 11 is 0. The van der Waals surface area contributed by atoms with Gasteiger partial charge in [0, 0.05) is 43.2 Å². The molecule has 1 aromatic heterocycles. The summed E-state index contributed by atoms with van der Waals surface area (Å²) in [5.41, 5.74) is 1.90. The second-order valence-corrected chi connectivity index (χ2v) is 7.10. The standard InChI is InChI=1S/C18H25F2N3O2/c1-13-10-15(22-12-21-13)2-3-16-11-23(8-9-25-16)17(24)14-4-6-18(19,20)7-5-14/h10,12,14,16H,2-9,11H2,1H3/t16-/m1/s1. The first-order valence-electron chi connectivity index (χ1n) is 8.99. The summed E-state index contributed by atoms with van der Waals surface area (Å²) in [6.07, 6.45) is 3.30. The molecule has 0 radical (unpaired) electrons. The first-order chi connectivity index (χ1) is 11.9. The predicted molar refractivity (Wildman–Crippen MR) is 88.3 cm³/mol. The molecule has 1 atom stereocenters. The molecule has 1 aromatic rings. The van der Waals surface area contributed by atoms with Crippen molar-refractivity contribution in [3.05, 3.63) is 23.8 Å². The molecule has 2 aliphatic rings. The quantitative estimate of drug-likeness (QED) is 0.835. The van der Waals surface area contributed by atoms with Gasteiger partial charge in [-0.15, -0.1) is 0 Å². The van der Waals surface area contributed by atoms with Gasteiger partial charge in [0.05, 0.1) is 12.7 Å². The smallest absolute Gasteiger partial charge is 0.248 e. The maximum absolute atomic E-state index is 13.3. The molecule has 138 valence electrons. The van der Waals surface area contributed by atoms with E-state index in [0.717, 1.165) is 24.2 Å². The molecule has 2 fully saturated rings. The number of halogens is 2. The van der Waals surface area contributed by atoms with Gasteiger partial charge in [0.15, 0.2) is 0 Å². The van der Waals surface area contributed by atoms with Crippen molar-refractivity contribution in [3.63, 3.8) is 0 Å². The Bertz CT molecular complexity index is 602. The van der Waals surface area contributed by atoms with Crippen LogP contribution in [0.5, 0.6) is 0 Å². The Labute approximate surface area is 146 Å². The van der Waals surface area contributed by atoms with Crippen LogP contribution >= 0.6 is 0 Å². The number of morpholine rings is 1. The Kier molecular flexibility index (Phi) is 5.61. The maximum Gasteiger partial charge on any atom is 0.248 e. The van der Waals surface area contributed by atoms with Gasteiger partial charge in [-0.3, -0.25) is 4.79 Å². The molecule has 1 saturated carbocycles. The first kappa shape index (κ1) is 18.2. The van der Waals surface area contributed by atoms with Crippen LogP contribution in [0, 0.1) is 12.8 Å². The molecule has 25 heavy (non-hydrogen) atoms. The van der Waals surface area contributed by atoms with Crippen LogP contribution in [0.2, 0.25) is 0 Å². The van der Waals surface area contributed by atoms with Crippen LogP contribution in [-0.4, -0.2) is 52.5 Å². The number of aryl methyl sites for hydroxylation is 2. The summed E-state index contributed by atoms with van der Waals surface area (Å²) in [5.74, 6) is -2.84. The van der Waals surface area contributed by atoms with Gasteiger partial charge in [-0.1, -0.05) is 0 Å². The van der Waals surface area contributed by atoms with Crippen molar-refractivity contribution in [3.8, 4) is 0 Å². The fraction of sp³-hybridized carbons (Fsp3) is 0.722. The highest BCUT2D eigenvalue weighted by Crippen LogP contribution is 2.37. The molecule has 0 spiro atoms. The monoisotopic (exact) mass is 353 g/mol. The van der Waals surface area contributed by atoms with Crippen LogP contribution < -0.4 is 0 Å². The SMILES string of the molecule is Cc1cc(CC[C@@H]2CN(C(=O)C3CCC(F)(F)CC3)CCO2)ncn1. The van der Waals surface area contributed by atoms with Crippen LogP contribution in [0.1, 0.15) is 43.5 Å². The average Bonchev–Trinajstić information content (AvgIpc) is 2.60. The molecule has 7 heteroatoms. The van der Waals surface area contributed by atoms with E-state index in [0.29, 0.717) is 19.7 Å². The summed E-state index contributed by atoms with van der Waals surface area (Å²) < 4.78 is 32.3. The Morgan fingerprint density at radius 1 is 1.36 bits per heavy atom. The minimum Gasteiger partial charge on any atom is -0.375 e. The summed E-state index contributed by atoms with van der Waals surface area (Å²) in [4.78, 5) is 22.8. The molecule has 0 N–H and O–H groups in total. The van der Waals surface area contributed by atoms with Gasteiger partial charge in [-0.2, -0.15) is 0 Å². The van der Waals surface area contributed by atoms with Gasteiger partial charge >= 0.3 is 0 Å². The number of rotatable bonds is 4. The largest absolute Gasteiger partial charge is 0.375 e. The van der Waals surface area contributed by atoms with Gasteiger partial charge < -0.3 is 9.64 Å². The zero-order valence-corrected chi connectivity index (χ0v) is 14.6. The third kappa shape index (κ3) is 4.93. The second-order valence-electron chi connectivity index (χ2n) is 7.10. The van der Waals surface area contributed by atoms with Crippen molar-refractivity contribution in [2.45, 2.75) is 57.5 Å². The Morgan fingerprint density at radius 2 is 2.12 bits per heavy atom. The van der Waals surface area contributed by atoms with Crippen molar-refractivity contribution in [2.75, 3.05) is 19.7 Å². The van der Waals surface area contributed by atoms with Crippen molar-refractivity contribution >= 4 is 5.91 Å². The van der Waals surface area contributed by atoms with Crippen molar-refractivity contribution in [1.29, 1.82) is 0 Å². The number of amides is 1. The lowest BCUT2D eigenvalue weighted by atomic mass is 9.85. The number of alkyl halides is 2. The lowest BCUT2D eigenvalue weighted by Gasteiger charge is -2.37. The number of hydrogen-bond acceptors (Lipinski definition) is 4. The van der Waals surface area contributed by atoms with E-state index in [2.05, 4.69) is 9.97 Å². The molecule has 0 unspecified atom stereocenters. The van der Waals surface area contributed by atoms with Gasteiger partial charge in [-0.05, 0) is 38.7 Å². The van der Waals surface area contributed by atoms with E-state index in [9.17, 15) is 13.6 Å². The van der Waals surface area contributed by atoms with E-state index in [-0.39, 0.29) is 43.6 Å². The molecule has 0 bridgehead atoms. The summed E-state index contributed by atoms with van der Waals surface area (Å²) in [7, 11) is 0. The van der Waals surface area contributed by atoms with E-state index in [1.807, 2.05) is 13.0 Å². The maximum atomic E-state index is 13.3. The molecule has 2 heterocycles. The summed E-state index contributed by atoms with van der Waals surface area (Å²) in [5, 5.41) is 0. The van der Waals surface area contributed by atoms with Crippen LogP contribution in [0.4, 0.5) is 8.78 Å². The summed E-state index contributed by atoms with van der Waals surface area (Å²) in [6, 6.07) is 1.95. The number of carbonyl (C=O) groups excluding carboxylic acids is 1. The van der Waals surface area contributed by atoms with Gasteiger partial charge in [0.1, 0.15) is 6.33 Å². The van der Waals surface area contributed by atoms with Gasteiger partial charge in [0.25, 0.3) is 0 Å². The molecule has 3 rings (SSSR count). The number of ether oxygens (including phenoxy) is 1. The highest BCUT2D eigenvalue weighted by atomic mass is 19.3. The molecule has 1 aliphatic heterocycles. The third-order valence-electron chi connectivity index (χ3n) is 5.10. The fourth-order valence-electron chi connectivity index (χ4n) is 3.59. The molecular formula is C18H25F2N3O2. The number of carbonyl (C=O) groups is 1. The molecule has 1 amide bonds. The number of hydrogen-bond donors (Lipinski definition) is 0. The Morgan fingerprint density at radius 3 is 2.84 bits per heavy atom. The van der Waals surface area contributed by atoms with E-state index < -0.39 is 5.92 Å². The summed E-state index contributed by atoms with van der Waals surface area (Å²) in [6.45, 7) is 3.52. The lowest BCUT2D eigenvalue weighted by molar-refractivity contribution is -0.147.